The second-order valence-corrected chi connectivity index (χ2v) is 6.11. The van der Waals surface area contributed by atoms with Crippen molar-refractivity contribution in [3.05, 3.63) is 53.0 Å². The predicted molar refractivity (Wildman–Crippen MR) is 92.4 cm³/mol. The van der Waals surface area contributed by atoms with Crippen LogP contribution in [0.5, 0.6) is 0 Å². The lowest BCUT2D eigenvalue weighted by atomic mass is 10.1. The summed E-state index contributed by atoms with van der Waals surface area (Å²) in [5.41, 5.74) is 5.06. The molecule has 0 atom stereocenters. The number of carbonyl (C=O) groups is 1. The Morgan fingerprint density at radius 1 is 1.27 bits per heavy atom. The zero-order chi connectivity index (χ0) is 15.5. The zero-order valence-electron chi connectivity index (χ0n) is 12.5. The minimum Gasteiger partial charge on any atom is -0.381 e. The van der Waals surface area contributed by atoms with Gasteiger partial charge in [-0.2, -0.15) is 0 Å². The number of nitrogens with one attached hydrogen (secondary N) is 2. The number of fused-ring (bicyclic) bond motifs is 1. The second kappa shape index (κ2) is 6.15. The molecule has 5 heteroatoms. The minimum absolute atomic E-state index is 0.0624. The molecule has 0 bridgehead atoms. The van der Waals surface area contributed by atoms with Gasteiger partial charge in [0.2, 0.25) is 5.91 Å². The summed E-state index contributed by atoms with van der Waals surface area (Å²) in [6, 6.07) is 10.0. The fraction of sp³-hybridized carbons (Fsp3) is 0.176. The van der Waals surface area contributed by atoms with E-state index in [-0.39, 0.29) is 5.91 Å². The van der Waals surface area contributed by atoms with Crippen LogP contribution in [0.25, 0.3) is 10.2 Å². The SMILES string of the molecule is CC(=O)Nc1cccc(NCc2cnc3ccsc3c2)c1C. The standard InChI is InChI=1S/C17H17N3OS/c1-11-14(4-3-5-15(11)20-12(2)21)18-9-13-8-17-16(19-10-13)6-7-22-17/h3-8,10,18H,9H2,1-2H3,(H,20,21). The number of hydrogen-bond donors (Lipinski definition) is 2. The molecular weight excluding hydrogens is 294 g/mol. The molecule has 112 valence electrons. The summed E-state index contributed by atoms with van der Waals surface area (Å²) >= 11 is 1.70. The van der Waals surface area contributed by atoms with Crippen molar-refractivity contribution in [2.75, 3.05) is 10.6 Å². The van der Waals surface area contributed by atoms with Crippen LogP contribution in [0.4, 0.5) is 11.4 Å². The smallest absolute Gasteiger partial charge is 0.221 e. The lowest BCUT2D eigenvalue weighted by Crippen LogP contribution is -2.09. The molecule has 2 heterocycles. The molecule has 22 heavy (non-hydrogen) atoms. The van der Waals surface area contributed by atoms with Gasteiger partial charge in [-0.05, 0) is 47.7 Å². The highest BCUT2D eigenvalue weighted by Gasteiger charge is 2.05. The average Bonchev–Trinajstić information content (AvgIpc) is 2.95. The Kier molecular flexibility index (Phi) is 4.06. The molecule has 0 aliphatic carbocycles. The topological polar surface area (TPSA) is 54.0 Å². The van der Waals surface area contributed by atoms with Crippen LogP contribution in [-0.4, -0.2) is 10.9 Å². The molecule has 2 N–H and O–H groups in total. The molecule has 0 saturated carbocycles. The molecule has 3 aromatic rings. The van der Waals surface area contributed by atoms with E-state index in [1.807, 2.05) is 37.4 Å². The lowest BCUT2D eigenvalue weighted by Gasteiger charge is -2.13. The highest BCUT2D eigenvalue weighted by molar-refractivity contribution is 7.17. The lowest BCUT2D eigenvalue weighted by molar-refractivity contribution is -0.114. The van der Waals surface area contributed by atoms with Gasteiger partial charge in [0, 0.05) is 31.0 Å². The maximum atomic E-state index is 11.2. The third kappa shape index (κ3) is 3.09. The van der Waals surface area contributed by atoms with Crippen LogP contribution in [0.2, 0.25) is 0 Å². The van der Waals surface area contributed by atoms with E-state index in [0.717, 1.165) is 28.0 Å². The molecule has 1 amide bonds. The molecule has 1 aromatic carbocycles. The number of pyridine rings is 1. The van der Waals surface area contributed by atoms with Crippen LogP contribution in [0.15, 0.2) is 41.9 Å². The van der Waals surface area contributed by atoms with Crippen LogP contribution < -0.4 is 10.6 Å². The average molecular weight is 311 g/mol. The van der Waals surface area contributed by atoms with Crippen LogP contribution in [-0.2, 0) is 11.3 Å². The number of carbonyl (C=O) groups excluding carboxylic acids is 1. The molecule has 2 aromatic heterocycles. The molecule has 0 spiro atoms. The maximum absolute atomic E-state index is 11.2. The minimum atomic E-state index is -0.0624. The first-order valence-electron chi connectivity index (χ1n) is 7.06. The van der Waals surface area contributed by atoms with Crippen LogP contribution in [0.3, 0.4) is 0 Å². The number of benzene rings is 1. The van der Waals surface area contributed by atoms with Crippen molar-refractivity contribution in [3.63, 3.8) is 0 Å². The summed E-state index contributed by atoms with van der Waals surface area (Å²) < 4.78 is 1.20. The molecule has 0 fully saturated rings. The van der Waals surface area contributed by atoms with E-state index in [4.69, 9.17) is 0 Å². The number of anilines is 2. The van der Waals surface area contributed by atoms with Gasteiger partial charge in [0.05, 0.1) is 10.2 Å². The summed E-state index contributed by atoms with van der Waals surface area (Å²) in [6.07, 6.45) is 1.90. The van der Waals surface area contributed by atoms with Crippen molar-refractivity contribution in [1.29, 1.82) is 0 Å². The highest BCUT2D eigenvalue weighted by atomic mass is 32.1. The molecule has 0 aliphatic heterocycles. The summed E-state index contributed by atoms with van der Waals surface area (Å²) in [6.45, 7) is 4.21. The van der Waals surface area contributed by atoms with Crippen LogP contribution >= 0.6 is 11.3 Å². The van der Waals surface area contributed by atoms with E-state index in [1.54, 1.807) is 11.3 Å². The Hall–Kier alpha value is -2.40. The number of hydrogen-bond acceptors (Lipinski definition) is 4. The maximum Gasteiger partial charge on any atom is 0.221 e. The van der Waals surface area contributed by atoms with Crippen molar-refractivity contribution >= 4 is 38.8 Å². The first-order valence-corrected chi connectivity index (χ1v) is 7.94. The number of aromatic nitrogens is 1. The quantitative estimate of drug-likeness (QED) is 0.760. The van der Waals surface area contributed by atoms with Gasteiger partial charge < -0.3 is 10.6 Å². The van der Waals surface area contributed by atoms with Gasteiger partial charge in [-0.1, -0.05) is 6.07 Å². The predicted octanol–water partition coefficient (Wildman–Crippen LogP) is 4.18. The summed E-state index contributed by atoms with van der Waals surface area (Å²) in [4.78, 5) is 15.7. The summed E-state index contributed by atoms with van der Waals surface area (Å²) in [5.74, 6) is -0.0624. The van der Waals surface area contributed by atoms with E-state index in [2.05, 4.69) is 27.1 Å². The number of nitrogens with zero attached hydrogens (tertiary/aromatic N) is 1. The Labute approximate surface area is 133 Å². The van der Waals surface area contributed by atoms with Gasteiger partial charge in [0.1, 0.15) is 0 Å². The van der Waals surface area contributed by atoms with E-state index in [1.165, 1.54) is 11.6 Å². The van der Waals surface area contributed by atoms with Gasteiger partial charge in [0.15, 0.2) is 0 Å². The number of rotatable bonds is 4. The fourth-order valence-corrected chi connectivity index (χ4v) is 3.14. The molecule has 4 nitrogen and oxygen atoms in total. The van der Waals surface area contributed by atoms with Gasteiger partial charge in [-0.15, -0.1) is 11.3 Å². The summed E-state index contributed by atoms with van der Waals surface area (Å²) in [5, 5.41) is 8.31. The second-order valence-electron chi connectivity index (χ2n) is 5.16. The zero-order valence-corrected chi connectivity index (χ0v) is 13.3. The van der Waals surface area contributed by atoms with Gasteiger partial charge >= 0.3 is 0 Å². The van der Waals surface area contributed by atoms with Crippen LogP contribution in [0, 0.1) is 6.92 Å². The van der Waals surface area contributed by atoms with Crippen molar-refractivity contribution in [2.24, 2.45) is 0 Å². The fourth-order valence-electron chi connectivity index (χ4n) is 2.33. The Bertz CT molecular complexity index is 826. The molecular formula is C17H17N3OS. The Balaban J connectivity index is 1.76. The third-order valence-corrected chi connectivity index (χ3v) is 4.34. The Morgan fingerprint density at radius 3 is 2.91 bits per heavy atom. The number of amides is 1. The Morgan fingerprint density at radius 2 is 2.09 bits per heavy atom. The third-order valence-electron chi connectivity index (χ3n) is 3.49. The monoisotopic (exact) mass is 311 g/mol. The highest BCUT2D eigenvalue weighted by Crippen LogP contribution is 2.24. The van der Waals surface area contributed by atoms with Gasteiger partial charge in [-0.3, -0.25) is 9.78 Å². The van der Waals surface area contributed by atoms with Gasteiger partial charge in [0.25, 0.3) is 0 Å². The van der Waals surface area contributed by atoms with Crippen molar-refractivity contribution in [1.82, 2.24) is 4.98 Å². The molecule has 0 unspecified atom stereocenters. The van der Waals surface area contributed by atoms with Crippen LogP contribution in [0.1, 0.15) is 18.1 Å². The van der Waals surface area contributed by atoms with E-state index >= 15 is 0 Å². The first kappa shape index (κ1) is 14.5. The molecule has 0 aliphatic rings. The summed E-state index contributed by atoms with van der Waals surface area (Å²) in [7, 11) is 0. The van der Waals surface area contributed by atoms with E-state index in [9.17, 15) is 4.79 Å². The van der Waals surface area contributed by atoms with Gasteiger partial charge in [-0.25, -0.2) is 0 Å². The van der Waals surface area contributed by atoms with Crippen molar-refractivity contribution < 1.29 is 4.79 Å². The van der Waals surface area contributed by atoms with E-state index < -0.39 is 0 Å². The van der Waals surface area contributed by atoms with Crippen molar-refractivity contribution in [2.45, 2.75) is 20.4 Å². The van der Waals surface area contributed by atoms with E-state index in [0.29, 0.717) is 6.54 Å². The van der Waals surface area contributed by atoms with Crippen molar-refractivity contribution in [3.8, 4) is 0 Å². The number of thiophene rings is 1. The molecule has 3 rings (SSSR count). The largest absolute Gasteiger partial charge is 0.381 e. The molecule has 0 saturated heterocycles. The first-order chi connectivity index (χ1) is 10.6. The normalized spacial score (nSPS) is 10.6. The molecule has 0 radical (unpaired) electrons.